The van der Waals surface area contributed by atoms with Gasteiger partial charge in [-0.3, -0.25) is 9.52 Å². The van der Waals surface area contributed by atoms with E-state index in [9.17, 15) is 17.6 Å². The fourth-order valence-corrected chi connectivity index (χ4v) is 4.70. The Bertz CT molecular complexity index is 1210. The van der Waals surface area contributed by atoms with Crippen molar-refractivity contribution < 1.29 is 17.6 Å². The summed E-state index contributed by atoms with van der Waals surface area (Å²) in [6, 6.07) is 16.9. The minimum absolute atomic E-state index is 0.0873. The molecule has 1 heterocycles. The number of fused-ring (bicyclic) bond motifs is 1. The van der Waals surface area contributed by atoms with E-state index in [2.05, 4.69) is 10.8 Å². The molecule has 0 spiro atoms. The van der Waals surface area contributed by atoms with E-state index in [1.807, 2.05) is 18.2 Å². The summed E-state index contributed by atoms with van der Waals surface area (Å²) in [4.78, 5) is 14.6. The van der Waals surface area contributed by atoms with Gasteiger partial charge in [0.05, 0.1) is 15.6 Å². The highest BCUT2D eigenvalue weighted by molar-refractivity contribution is 7.92. The van der Waals surface area contributed by atoms with Gasteiger partial charge in [-0.25, -0.2) is 12.8 Å². The van der Waals surface area contributed by atoms with Crippen LogP contribution in [-0.4, -0.2) is 25.8 Å². The predicted octanol–water partition coefficient (Wildman–Crippen LogP) is 4.48. The number of halogens is 2. The summed E-state index contributed by atoms with van der Waals surface area (Å²) in [6.45, 7) is 1.07. The van der Waals surface area contributed by atoms with Gasteiger partial charge in [-0.2, -0.15) is 0 Å². The van der Waals surface area contributed by atoms with Crippen LogP contribution in [0, 0.1) is 5.82 Å². The van der Waals surface area contributed by atoms with E-state index in [0.717, 1.165) is 36.2 Å². The molecule has 1 amide bonds. The third-order valence-electron chi connectivity index (χ3n) is 5.00. The van der Waals surface area contributed by atoms with E-state index in [4.69, 9.17) is 11.6 Å². The highest BCUT2D eigenvalue weighted by atomic mass is 35.5. The Morgan fingerprint density at radius 2 is 1.70 bits per heavy atom. The lowest BCUT2D eigenvalue weighted by Gasteiger charge is -2.29. The number of benzene rings is 3. The number of sulfonamides is 1. The molecule has 4 rings (SSSR count). The zero-order valence-corrected chi connectivity index (χ0v) is 17.4. The minimum atomic E-state index is -3.99. The molecule has 1 N–H and O–H groups in total. The Morgan fingerprint density at radius 1 is 1.00 bits per heavy atom. The van der Waals surface area contributed by atoms with Gasteiger partial charge in [-0.15, -0.1) is 0 Å². The monoisotopic (exact) mass is 444 g/mol. The van der Waals surface area contributed by atoms with Gasteiger partial charge in [0.15, 0.2) is 0 Å². The average molecular weight is 445 g/mol. The molecule has 154 valence electrons. The number of hydrogen-bond acceptors (Lipinski definition) is 3. The Hall–Kier alpha value is -2.90. The van der Waals surface area contributed by atoms with Crippen LogP contribution in [0.1, 0.15) is 21.5 Å². The second-order valence-electron chi connectivity index (χ2n) is 7.00. The topological polar surface area (TPSA) is 66.5 Å². The third kappa shape index (κ3) is 4.17. The van der Waals surface area contributed by atoms with Gasteiger partial charge in [0, 0.05) is 18.7 Å². The molecule has 0 aliphatic carbocycles. The maximum absolute atomic E-state index is 13.1. The van der Waals surface area contributed by atoms with Crippen LogP contribution >= 0.6 is 11.6 Å². The zero-order valence-electron chi connectivity index (χ0n) is 15.8. The van der Waals surface area contributed by atoms with Gasteiger partial charge in [0.1, 0.15) is 5.82 Å². The third-order valence-corrected chi connectivity index (χ3v) is 6.71. The minimum Gasteiger partial charge on any atom is -0.334 e. The molecule has 8 heteroatoms. The second kappa shape index (κ2) is 8.08. The van der Waals surface area contributed by atoms with Crippen LogP contribution in [0.25, 0.3) is 0 Å². The van der Waals surface area contributed by atoms with Gasteiger partial charge < -0.3 is 4.90 Å². The molecule has 0 radical (unpaired) electrons. The Labute approximate surface area is 179 Å². The van der Waals surface area contributed by atoms with E-state index in [1.54, 1.807) is 11.0 Å². The van der Waals surface area contributed by atoms with Crippen LogP contribution in [-0.2, 0) is 23.0 Å². The summed E-state index contributed by atoms with van der Waals surface area (Å²) in [5, 5.41) is 0.154. The predicted molar refractivity (Wildman–Crippen MR) is 114 cm³/mol. The van der Waals surface area contributed by atoms with Crippen molar-refractivity contribution in [3.63, 3.8) is 0 Å². The summed E-state index contributed by atoms with van der Waals surface area (Å²) in [5.74, 6) is -0.744. The molecule has 0 fully saturated rings. The molecule has 1 aliphatic rings. The van der Waals surface area contributed by atoms with Crippen molar-refractivity contribution in [1.82, 2.24) is 4.90 Å². The Morgan fingerprint density at radius 3 is 2.43 bits per heavy atom. The number of nitrogens with zero attached hydrogens (tertiary/aromatic N) is 1. The van der Waals surface area contributed by atoms with Gasteiger partial charge in [-0.05, 0) is 60.0 Å². The maximum Gasteiger partial charge on any atom is 0.261 e. The first-order valence-corrected chi connectivity index (χ1v) is 11.1. The number of hydrogen-bond donors (Lipinski definition) is 1. The number of anilines is 1. The summed E-state index contributed by atoms with van der Waals surface area (Å²) in [6.07, 6.45) is 0.763. The summed E-state index contributed by atoms with van der Waals surface area (Å²) in [7, 11) is -3.99. The molecule has 0 saturated carbocycles. The summed E-state index contributed by atoms with van der Waals surface area (Å²) in [5.41, 5.74) is 2.74. The largest absolute Gasteiger partial charge is 0.334 e. The van der Waals surface area contributed by atoms with Crippen molar-refractivity contribution in [2.24, 2.45) is 0 Å². The number of amides is 1. The average Bonchev–Trinajstić information content (AvgIpc) is 2.74. The number of nitrogens with one attached hydrogen (secondary N) is 1. The summed E-state index contributed by atoms with van der Waals surface area (Å²) >= 11 is 6.16. The Balaban J connectivity index is 1.57. The molecule has 0 bridgehead atoms. The first-order valence-electron chi connectivity index (χ1n) is 9.27. The zero-order chi connectivity index (χ0) is 21.3. The van der Waals surface area contributed by atoms with Crippen molar-refractivity contribution in [2.45, 2.75) is 17.9 Å². The van der Waals surface area contributed by atoms with Crippen molar-refractivity contribution >= 4 is 33.2 Å². The second-order valence-corrected chi connectivity index (χ2v) is 9.09. The lowest BCUT2D eigenvalue weighted by Crippen LogP contribution is -2.36. The molecule has 0 aromatic heterocycles. The van der Waals surface area contributed by atoms with Crippen LogP contribution < -0.4 is 4.72 Å². The van der Waals surface area contributed by atoms with Crippen LogP contribution in [0.15, 0.2) is 71.6 Å². The molecule has 0 saturated heterocycles. The van der Waals surface area contributed by atoms with Crippen LogP contribution in [0.2, 0.25) is 5.02 Å². The molecule has 0 atom stereocenters. The first kappa shape index (κ1) is 20.4. The fourth-order valence-electron chi connectivity index (χ4n) is 3.41. The quantitative estimate of drug-likeness (QED) is 0.645. The molecule has 3 aromatic carbocycles. The normalized spacial score (nSPS) is 13.6. The van der Waals surface area contributed by atoms with Gasteiger partial charge in [-0.1, -0.05) is 35.9 Å². The molecular formula is C22H18ClFN2O3S. The van der Waals surface area contributed by atoms with E-state index in [-0.39, 0.29) is 21.5 Å². The van der Waals surface area contributed by atoms with E-state index < -0.39 is 15.8 Å². The first-order chi connectivity index (χ1) is 14.3. The smallest absolute Gasteiger partial charge is 0.261 e. The highest BCUT2D eigenvalue weighted by Gasteiger charge is 2.23. The summed E-state index contributed by atoms with van der Waals surface area (Å²) < 4.78 is 40.7. The Kier molecular flexibility index (Phi) is 5.49. The molecule has 30 heavy (non-hydrogen) atoms. The number of rotatable bonds is 4. The van der Waals surface area contributed by atoms with Crippen molar-refractivity contribution in [1.29, 1.82) is 0 Å². The fraction of sp³-hybridized carbons (Fsp3) is 0.136. The van der Waals surface area contributed by atoms with E-state index in [0.29, 0.717) is 18.7 Å². The molecular weight excluding hydrogens is 427 g/mol. The van der Waals surface area contributed by atoms with Gasteiger partial charge >= 0.3 is 0 Å². The lowest BCUT2D eigenvalue weighted by molar-refractivity contribution is 0.0734. The highest BCUT2D eigenvalue weighted by Crippen LogP contribution is 2.28. The van der Waals surface area contributed by atoms with Gasteiger partial charge in [0.25, 0.3) is 15.9 Å². The molecule has 0 unspecified atom stereocenters. The van der Waals surface area contributed by atoms with E-state index in [1.165, 1.54) is 17.7 Å². The van der Waals surface area contributed by atoms with Crippen LogP contribution in [0.5, 0.6) is 0 Å². The molecule has 1 aliphatic heterocycles. The van der Waals surface area contributed by atoms with Crippen molar-refractivity contribution in [2.75, 3.05) is 11.3 Å². The number of carbonyl (C=O) groups is 1. The van der Waals surface area contributed by atoms with Crippen molar-refractivity contribution in [3.05, 3.63) is 94.3 Å². The lowest BCUT2D eigenvalue weighted by atomic mass is 9.99. The van der Waals surface area contributed by atoms with Crippen molar-refractivity contribution in [3.8, 4) is 0 Å². The molecule has 3 aromatic rings. The van der Waals surface area contributed by atoms with Crippen LogP contribution in [0.3, 0.4) is 0 Å². The molecule has 5 nitrogen and oxygen atoms in total. The maximum atomic E-state index is 13.1. The standard InChI is InChI=1S/C22H18ClFN2O3S/c23-20-10-5-16(22(27)26-12-11-15-3-1-2-4-17(15)14-26)13-21(20)25-30(28,29)19-8-6-18(24)7-9-19/h1-10,13,25H,11-12,14H2. The van der Waals surface area contributed by atoms with Crippen LogP contribution in [0.4, 0.5) is 10.1 Å². The number of carbonyl (C=O) groups excluding carboxylic acids is 1. The SMILES string of the molecule is O=C(c1ccc(Cl)c(NS(=O)(=O)c2ccc(F)cc2)c1)N1CCc2ccccc2C1. The van der Waals surface area contributed by atoms with Gasteiger partial charge in [0.2, 0.25) is 0 Å². The van der Waals surface area contributed by atoms with E-state index >= 15 is 0 Å².